The zero-order chi connectivity index (χ0) is 14.7. The van der Waals surface area contributed by atoms with Crippen LogP contribution in [0.15, 0.2) is 12.1 Å². The van der Waals surface area contributed by atoms with Crippen molar-refractivity contribution in [3.05, 3.63) is 41.7 Å². The first kappa shape index (κ1) is 28.2. The van der Waals surface area contributed by atoms with E-state index in [0.717, 1.165) is 0 Å². The van der Waals surface area contributed by atoms with Crippen molar-refractivity contribution in [1.82, 2.24) is 0 Å². The van der Waals surface area contributed by atoms with Gasteiger partial charge < -0.3 is 40.2 Å². The Balaban J connectivity index is -0.000000110. The van der Waals surface area contributed by atoms with Crippen molar-refractivity contribution >= 4 is 52.1 Å². The van der Waals surface area contributed by atoms with Crippen LogP contribution in [0.4, 0.5) is 0 Å². The van der Waals surface area contributed by atoms with E-state index in [1.54, 1.807) is 0 Å². The van der Waals surface area contributed by atoms with Crippen molar-refractivity contribution in [2.75, 3.05) is 0 Å². The summed E-state index contributed by atoms with van der Waals surface area (Å²) >= 11 is 0. The van der Waals surface area contributed by atoms with Crippen LogP contribution in [-0.2, 0) is 0 Å². The molecule has 1 aromatic carbocycles. The maximum absolute atomic E-state index is 10.2. The van der Waals surface area contributed by atoms with Crippen LogP contribution >= 0.6 is 0 Å². The van der Waals surface area contributed by atoms with E-state index >= 15 is 0 Å². The second kappa shape index (κ2) is 17.1. The van der Waals surface area contributed by atoms with E-state index in [4.69, 9.17) is 10.2 Å². The van der Waals surface area contributed by atoms with Gasteiger partial charge in [-0.25, -0.2) is 0 Å². The van der Waals surface area contributed by atoms with Crippen LogP contribution in [-0.4, -0.2) is 62.3 Å². The van der Waals surface area contributed by atoms with Crippen LogP contribution in [0, 0.1) is 24.0 Å². The molecule has 0 bridgehead atoms. The number of rotatable bonds is 1. The number of aromatic carboxylic acids is 1. The zero-order valence-electron chi connectivity index (χ0n) is 13.4. The molecule has 0 unspecified atom stereocenters. The number of carboxylic acid groups (broad SMARTS) is 1. The summed E-state index contributed by atoms with van der Waals surface area (Å²) in [7, 11) is 0. The zero-order valence-corrected chi connectivity index (χ0v) is 16.2. The molecular weight excluding hydrogens is 277 g/mol. The number of hydrogen-bond acceptors (Lipinski definition) is 2. The Labute approximate surface area is 155 Å². The number of benzene rings is 1. The molecule has 0 atom stereocenters. The molecule has 0 radical (unpaired) electrons. The van der Waals surface area contributed by atoms with E-state index in [2.05, 4.69) is 53.7 Å². The van der Waals surface area contributed by atoms with Gasteiger partial charge in [-0.05, 0) is 0 Å². The predicted octanol–water partition coefficient (Wildman–Crippen LogP) is 3.17. The van der Waals surface area contributed by atoms with E-state index < -0.39 is 5.97 Å². The van der Waals surface area contributed by atoms with Crippen LogP contribution in [0.2, 0.25) is 0 Å². The number of phenols is 1. The van der Waals surface area contributed by atoms with E-state index in [1.807, 2.05) is 0 Å². The number of aromatic hydroxyl groups is 1. The first-order valence-electron chi connectivity index (χ1n) is 5.56. The molecule has 0 fully saturated rings. The Hall–Kier alpha value is 0.0225. The van der Waals surface area contributed by atoms with Gasteiger partial charge in [0.25, 0.3) is 0 Å². The smallest absolute Gasteiger partial charge is 0.557 e. The van der Waals surface area contributed by atoms with Gasteiger partial charge in [-0.2, -0.15) is 41.5 Å². The summed E-state index contributed by atoms with van der Waals surface area (Å²) in [5, 5.41) is 17.2. The van der Waals surface area contributed by atoms with Crippen molar-refractivity contribution in [1.29, 1.82) is 0 Å². The van der Waals surface area contributed by atoms with Gasteiger partial charge in [0, 0.05) is 0 Å². The molecule has 0 aliphatic heterocycles. The molecule has 0 aliphatic rings. The Kier molecular flexibility index (Phi) is 24.1. The van der Waals surface area contributed by atoms with Crippen molar-refractivity contribution < 1.29 is 15.0 Å². The van der Waals surface area contributed by atoms with Crippen molar-refractivity contribution in [2.24, 2.45) is 0 Å². The van der Waals surface area contributed by atoms with E-state index in [-0.39, 0.29) is 57.4 Å². The molecule has 0 aromatic heterocycles. The Morgan fingerprint density at radius 3 is 1.60 bits per heavy atom. The average molecular weight is 299 g/mol. The van der Waals surface area contributed by atoms with Gasteiger partial charge in [0.2, 0.25) is 5.97 Å². The van der Waals surface area contributed by atoms with Gasteiger partial charge in [0.15, 0.2) is 0 Å². The van der Waals surface area contributed by atoms with Gasteiger partial charge in [-0.15, -0.1) is 5.56 Å². The first-order valence-corrected chi connectivity index (χ1v) is 5.56. The summed E-state index contributed by atoms with van der Waals surface area (Å²) in [6.07, 6.45) is 0. The number of carboxylic acids is 1. The maximum Gasteiger partial charge on any atom is 2.00 e. The molecule has 5 heteroatoms. The van der Waals surface area contributed by atoms with Crippen LogP contribution < -0.4 is 0 Å². The summed E-state index contributed by atoms with van der Waals surface area (Å²) in [6, 6.07) is 7.30. The molecule has 0 amide bonds. The molecule has 0 aliphatic carbocycles. The fourth-order valence-corrected chi connectivity index (χ4v) is 0.544. The third kappa shape index (κ3) is 23.1. The van der Waals surface area contributed by atoms with Crippen molar-refractivity contribution in [3.8, 4) is 5.75 Å². The minimum atomic E-state index is -1.18. The summed E-state index contributed by atoms with van der Waals surface area (Å²) in [5.41, 5.74) is -0.178. The minimum absolute atomic E-state index is 0. The summed E-state index contributed by atoms with van der Waals surface area (Å²) in [4.78, 5) is 10.2. The normalized spacial score (nSPS) is 8.20. The molecule has 3 nitrogen and oxygen atoms in total. The van der Waals surface area contributed by atoms with Crippen LogP contribution in [0.5, 0.6) is 5.75 Å². The summed E-state index contributed by atoms with van der Waals surface area (Å²) < 4.78 is 0. The van der Waals surface area contributed by atoms with Crippen LogP contribution in [0.3, 0.4) is 0 Å². The van der Waals surface area contributed by atoms with Gasteiger partial charge in [-0.1, -0.05) is 5.75 Å². The fraction of sp³-hybridized carbons (Fsp3) is 0.400. The Bertz CT molecular complexity index is 328. The molecular formula is C15H22Mg2O3. The maximum atomic E-state index is 10.2. The fourth-order valence-electron chi connectivity index (χ4n) is 0.544. The molecule has 1 aromatic rings. The third-order valence-electron chi connectivity index (χ3n) is 1.01. The number of carbonyl (C=O) groups is 1. The SMILES string of the molecule is C[C-](C)C.C[C-](C)C.O=C(O)c1c[c-]c[c-]c1O.[Mg+2].[Mg+2]. The third-order valence-corrected chi connectivity index (χ3v) is 1.01. The minimum Gasteiger partial charge on any atom is -0.557 e. The topological polar surface area (TPSA) is 57.5 Å². The molecule has 0 saturated heterocycles. The van der Waals surface area contributed by atoms with E-state index in [1.165, 1.54) is 24.0 Å². The monoisotopic (exact) mass is 298 g/mol. The first-order chi connectivity index (χ1) is 8.18. The van der Waals surface area contributed by atoms with Gasteiger partial charge in [0.05, 0.1) is 0 Å². The standard InChI is InChI=1S/C7H4O3.2C4H9.2Mg/c8-6-4-2-1-3-5(6)7(9)10;2*1-4(2)3;;/h2-3,8H,(H,9,10);2*1-3H3;;/q-2;2*-1;2*+2. The van der Waals surface area contributed by atoms with Crippen molar-refractivity contribution in [3.63, 3.8) is 0 Å². The second-order valence-corrected chi connectivity index (χ2v) is 4.67. The van der Waals surface area contributed by atoms with Gasteiger partial charge in [0.1, 0.15) is 0 Å². The predicted molar refractivity (Wildman–Crippen MR) is 84.8 cm³/mol. The molecule has 2 N–H and O–H groups in total. The second-order valence-electron chi connectivity index (χ2n) is 4.67. The molecule has 0 saturated carbocycles. The quantitative estimate of drug-likeness (QED) is 0.618. The van der Waals surface area contributed by atoms with Gasteiger partial charge in [-0.3, -0.25) is 10.9 Å². The van der Waals surface area contributed by atoms with Crippen LogP contribution in [0.1, 0.15) is 51.9 Å². The molecule has 104 valence electrons. The van der Waals surface area contributed by atoms with E-state index in [9.17, 15) is 4.79 Å². The van der Waals surface area contributed by atoms with Crippen molar-refractivity contribution in [2.45, 2.75) is 41.5 Å². The Morgan fingerprint density at radius 2 is 1.40 bits per heavy atom. The van der Waals surface area contributed by atoms with Gasteiger partial charge >= 0.3 is 46.1 Å². The summed E-state index contributed by atoms with van der Waals surface area (Å²) in [6.45, 7) is 12.5. The van der Waals surface area contributed by atoms with Crippen LogP contribution in [0.25, 0.3) is 0 Å². The molecule has 20 heavy (non-hydrogen) atoms. The molecule has 0 spiro atoms. The molecule has 1 rings (SSSR count). The molecule has 0 heterocycles. The largest absolute Gasteiger partial charge is 2.00 e. The number of hydrogen-bond donors (Lipinski definition) is 2. The average Bonchev–Trinajstić information content (AvgIpc) is 2.15. The van der Waals surface area contributed by atoms with E-state index in [0.29, 0.717) is 0 Å². The Morgan fingerprint density at radius 1 is 1.05 bits per heavy atom. The summed E-state index contributed by atoms with van der Waals surface area (Å²) in [5.74, 6) is 1.30.